The molecule has 114 valence electrons. The molecule has 2 atom stereocenters. The van der Waals surface area contributed by atoms with Crippen LogP contribution in [0.4, 0.5) is 0 Å². The highest BCUT2D eigenvalue weighted by atomic mass is 16.5. The number of aryl methyl sites for hydroxylation is 2. The minimum absolute atomic E-state index is 0.251. The molecule has 2 unspecified atom stereocenters. The summed E-state index contributed by atoms with van der Waals surface area (Å²) in [6, 6.07) is 11.0. The zero-order valence-electron chi connectivity index (χ0n) is 13.7. The van der Waals surface area contributed by atoms with E-state index >= 15 is 0 Å². The van der Waals surface area contributed by atoms with Crippen LogP contribution in [0.2, 0.25) is 0 Å². The van der Waals surface area contributed by atoms with Gasteiger partial charge in [0.05, 0.1) is 5.69 Å². The van der Waals surface area contributed by atoms with Crippen molar-refractivity contribution < 1.29 is 4.52 Å². The number of aromatic nitrogens is 1. The molecule has 0 spiro atoms. The molecule has 0 saturated heterocycles. The molecule has 1 aromatic carbocycles. The Bertz CT molecular complexity index is 540. The summed E-state index contributed by atoms with van der Waals surface area (Å²) in [7, 11) is 0. The van der Waals surface area contributed by atoms with Crippen molar-refractivity contribution in [2.24, 2.45) is 5.92 Å². The molecule has 0 radical (unpaired) electrons. The molecule has 0 bridgehead atoms. The van der Waals surface area contributed by atoms with E-state index in [4.69, 9.17) is 4.52 Å². The third kappa shape index (κ3) is 3.73. The molecule has 1 heterocycles. The minimum atomic E-state index is 0.251. The lowest BCUT2D eigenvalue weighted by atomic mass is 9.88. The van der Waals surface area contributed by atoms with Gasteiger partial charge in [-0.25, -0.2) is 0 Å². The third-order valence-corrected chi connectivity index (χ3v) is 4.20. The van der Waals surface area contributed by atoms with Crippen molar-refractivity contribution in [2.45, 2.75) is 46.6 Å². The summed E-state index contributed by atoms with van der Waals surface area (Å²) in [4.78, 5) is 0. The predicted octanol–water partition coefficient (Wildman–Crippen LogP) is 4.38. The normalized spacial score (nSPS) is 14.4. The van der Waals surface area contributed by atoms with E-state index in [0.29, 0.717) is 11.8 Å². The molecule has 2 aromatic rings. The van der Waals surface area contributed by atoms with Gasteiger partial charge in [0, 0.05) is 18.2 Å². The Labute approximate surface area is 127 Å². The topological polar surface area (TPSA) is 38.1 Å². The van der Waals surface area contributed by atoms with Gasteiger partial charge in [-0.15, -0.1) is 0 Å². The molecular weight excluding hydrogens is 260 g/mol. The van der Waals surface area contributed by atoms with Crippen molar-refractivity contribution in [3.63, 3.8) is 0 Å². The summed E-state index contributed by atoms with van der Waals surface area (Å²) in [6.45, 7) is 11.7. The lowest BCUT2D eigenvalue weighted by Crippen LogP contribution is -2.27. The van der Waals surface area contributed by atoms with Gasteiger partial charge < -0.3 is 9.84 Å². The lowest BCUT2D eigenvalue weighted by Gasteiger charge is -2.24. The highest BCUT2D eigenvalue weighted by Gasteiger charge is 2.20. The van der Waals surface area contributed by atoms with Crippen molar-refractivity contribution >= 4 is 0 Å². The highest BCUT2D eigenvalue weighted by molar-refractivity contribution is 5.25. The van der Waals surface area contributed by atoms with Gasteiger partial charge in [0.1, 0.15) is 5.76 Å². The summed E-state index contributed by atoms with van der Waals surface area (Å²) in [5.74, 6) is 2.01. The van der Waals surface area contributed by atoms with Crippen molar-refractivity contribution in [1.29, 1.82) is 0 Å². The fraction of sp³-hybridized carbons (Fsp3) is 0.500. The van der Waals surface area contributed by atoms with Crippen LogP contribution in [0.25, 0.3) is 0 Å². The lowest BCUT2D eigenvalue weighted by molar-refractivity contribution is 0.389. The smallest absolute Gasteiger partial charge is 0.138 e. The number of nitrogens with one attached hydrogen (secondary N) is 1. The average molecular weight is 286 g/mol. The number of hydrogen-bond donors (Lipinski definition) is 1. The molecule has 3 nitrogen and oxygen atoms in total. The molecule has 21 heavy (non-hydrogen) atoms. The second-order valence-electron chi connectivity index (χ2n) is 6.13. The van der Waals surface area contributed by atoms with Crippen LogP contribution >= 0.6 is 0 Å². The van der Waals surface area contributed by atoms with Crippen molar-refractivity contribution in [1.82, 2.24) is 10.5 Å². The first-order chi connectivity index (χ1) is 10.0. The molecule has 2 rings (SSSR count). The van der Waals surface area contributed by atoms with Gasteiger partial charge in [0.15, 0.2) is 0 Å². The van der Waals surface area contributed by atoms with Gasteiger partial charge in [-0.1, -0.05) is 49.3 Å². The van der Waals surface area contributed by atoms with E-state index in [1.54, 1.807) is 0 Å². The van der Waals surface area contributed by atoms with Crippen LogP contribution in [0.3, 0.4) is 0 Å². The summed E-state index contributed by atoms with van der Waals surface area (Å²) >= 11 is 0. The molecule has 0 fully saturated rings. The predicted molar refractivity (Wildman–Crippen MR) is 86.4 cm³/mol. The Morgan fingerprint density at radius 3 is 2.29 bits per heavy atom. The fourth-order valence-electron chi connectivity index (χ4n) is 2.95. The molecule has 0 amide bonds. The summed E-state index contributed by atoms with van der Waals surface area (Å²) < 4.78 is 5.27. The summed E-state index contributed by atoms with van der Waals surface area (Å²) in [6.07, 6.45) is 0. The number of nitrogens with zero attached hydrogens (tertiary/aromatic N) is 1. The Morgan fingerprint density at radius 1 is 1.10 bits per heavy atom. The number of benzene rings is 1. The highest BCUT2D eigenvalue weighted by Crippen LogP contribution is 2.26. The number of rotatable bonds is 6. The van der Waals surface area contributed by atoms with Crippen molar-refractivity contribution in [3.8, 4) is 0 Å². The fourth-order valence-corrected chi connectivity index (χ4v) is 2.95. The summed E-state index contributed by atoms with van der Waals surface area (Å²) in [5, 5.41) is 7.69. The van der Waals surface area contributed by atoms with Gasteiger partial charge in [-0.05, 0) is 38.2 Å². The first-order valence-corrected chi connectivity index (χ1v) is 7.71. The van der Waals surface area contributed by atoms with Gasteiger partial charge in [0.2, 0.25) is 0 Å². The zero-order chi connectivity index (χ0) is 15.4. The molecule has 3 heteroatoms. The van der Waals surface area contributed by atoms with E-state index in [1.165, 1.54) is 11.1 Å². The first kappa shape index (κ1) is 15.8. The van der Waals surface area contributed by atoms with Gasteiger partial charge in [0.25, 0.3) is 0 Å². The Kier molecular flexibility index (Phi) is 5.18. The van der Waals surface area contributed by atoms with Gasteiger partial charge >= 0.3 is 0 Å². The maximum absolute atomic E-state index is 5.27. The molecule has 0 aliphatic heterocycles. The van der Waals surface area contributed by atoms with E-state index in [0.717, 1.165) is 18.0 Å². The third-order valence-electron chi connectivity index (χ3n) is 4.20. The van der Waals surface area contributed by atoms with Crippen LogP contribution in [0, 0.1) is 19.8 Å². The van der Waals surface area contributed by atoms with Crippen molar-refractivity contribution in [2.75, 3.05) is 6.54 Å². The van der Waals surface area contributed by atoms with Crippen LogP contribution in [0.5, 0.6) is 0 Å². The Morgan fingerprint density at radius 2 is 1.76 bits per heavy atom. The Hall–Kier alpha value is -1.61. The van der Waals surface area contributed by atoms with Gasteiger partial charge in [-0.3, -0.25) is 0 Å². The zero-order valence-corrected chi connectivity index (χ0v) is 13.7. The molecule has 0 aliphatic rings. The second kappa shape index (κ2) is 6.90. The molecule has 1 aromatic heterocycles. The molecule has 0 saturated carbocycles. The van der Waals surface area contributed by atoms with Gasteiger partial charge in [-0.2, -0.15) is 0 Å². The minimum Gasteiger partial charge on any atom is -0.361 e. The van der Waals surface area contributed by atoms with E-state index < -0.39 is 0 Å². The van der Waals surface area contributed by atoms with Crippen LogP contribution in [-0.2, 0) is 0 Å². The molecular formula is C18H26N2O. The monoisotopic (exact) mass is 286 g/mol. The average Bonchev–Trinajstić information content (AvgIpc) is 2.79. The van der Waals surface area contributed by atoms with E-state index in [9.17, 15) is 0 Å². The second-order valence-corrected chi connectivity index (χ2v) is 6.13. The van der Waals surface area contributed by atoms with Crippen molar-refractivity contribution in [3.05, 3.63) is 52.9 Å². The first-order valence-electron chi connectivity index (χ1n) is 7.71. The van der Waals surface area contributed by atoms with Crippen LogP contribution < -0.4 is 5.32 Å². The molecule has 0 aliphatic carbocycles. The quantitative estimate of drug-likeness (QED) is 0.856. The van der Waals surface area contributed by atoms with E-state index in [1.807, 2.05) is 13.8 Å². The maximum atomic E-state index is 5.27. The Balaban J connectivity index is 2.06. The molecule has 1 N–H and O–H groups in total. The standard InChI is InChI=1S/C18H26N2O/c1-12(2)17(16-9-7-6-8-10-16)11-19-13(3)18-14(4)20-21-15(18)5/h6-10,12-13,17,19H,11H2,1-5H3. The SMILES string of the molecule is Cc1noc(C)c1C(C)NCC(c1ccccc1)C(C)C. The van der Waals surface area contributed by atoms with E-state index in [-0.39, 0.29) is 6.04 Å². The largest absolute Gasteiger partial charge is 0.361 e. The maximum Gasteiger partial charge on any atom is 0.138 e. The van der Waals surface area contributed by atoms with Crippen LogP contribution in [0.1, 0.15) is 55.3 Å². The van der Waals surface area contributed by atoms with E-state index in [2.05, 4.69) is 61.6 Å². The van der Waals surface area contributed by atoms with Crippen LogP contribution in [-0.4, -0.2) is 11.7 Å². The van der Waals surface area contributed by atoms with Crippen LogP contribution in [0.15, 0.2) is 34.9 Å². The summed E-state index contributed by atoms with van der Waals surface area (Å²) in [5.41, 5.74) is 3.56. The number of hydrogen-bond acceptors (Lipinski definition) is 3.